The fourth-order valence-corrected chi connectivity index (χ4v) is 4.01. The molecule has 0 fully saturated rings. The van der Waals surface area contributed by atoms with E-state index in [4.69, 9.17) is 9.47 Å². The van der Waals surface area contributed by atoms with Crippen molar-refractivity contribution in [1.82, 2.24) is 0 Å². The lowest BCUT2D eigenvalue weighted by Crippen LogP contribution is -2.15. The lowest BCUT2D eigenvalue weighted by atomic mass is 9.92. The number of benzene rings is 1. The molecule has 1 rings (SSSR count). The number of rotatable bonds is 12. The van der Waals surface area contributed by atoms with E-state index >= 15 is 0 Å². The first-order valence-electron chi connectivity index (χ1n) is 9.95. The van der Waals surface area contributed by atoms with Crippen LogP contribution >= 0.6 is 15.9 Å². The Morgan fingerprint density at radius 3 is 1.39 bits per heavy atom. The van der Waals surface area contributed by atoms with Crippen LogP contribution in [0.25, 0.3) is 0 Å². The average Bonchev–Trinajstić information content (AvgIpc) is 2.77. The molecule has 0 N–H and O–H groups in total. The second-order valence-corrected chi connectivity index (χ2v) is 7.60. The van der Waals surface area contributed by atoms with E-state index in [9.17, 15) is 19.2 Å². The summed E-state index contributed by atoms with van der Waals surface area (Å²) in [5.41, 5.74) is 1.94. The molecule has 0 aliphatic rings. The maximum absolute atomic E-state index is 12.5. The number of ether oxygens (including phenoxy) is 4. The fourth-order valence-electron chi connectivity index (χ4n) is 3.18. The Balaban J connectivity index is 3.21. The van der Waals surface area contributed by atoms with Crippen LogP contribution in [-0.2, 0) is 41.4 Å². The fraction of sp³-hybridized carbons (Fsp3) is 0.545. The lowest BCUT2D eigenvalue weighted by molar-refractivity contribution is -0.141. The highest BCUT2D eigenvalue weighted by Gasteiger charge is 2.26. The number of esters is 4. The summed E-state index contributed by atoms with van der Waals surface area (Å²) < 4.78 is 19.5. The molecule has 0 saturated heterocycles. The van der Waals surface area contributed by atoms with Crippen LogP contribution in [0, 0.1) is 0 Å². The molecule has 0 spiro atoms. The Labute approximate surface area is 190 Å². The molecule has 0 unspecified atom stereocenters. The summed E-state index contributed by atoms with van der Waals surface area (Å²) in [7, 11) is 5.22. The Hall–Kier alpha value is -2.42. The number of carbonyl (C=O) groups is 4. The molecule has 1 aromatic rings. The van der Waals surface area contributed by atoms with Crippen molar-refractivity contribution in [3.63, 3.8) is 0 Å². The predicted molar refractivity (Wildman–Crippen MR) is 116 cm³/mol. The van der Waals surface area contributed by atoms with Gasteiger partial charge < -0.3 is 18.9 Å². The van der Waals surface area contributed by atoms with Crippen molar-refractivity contribution in [2.45, 2.75) is 51.4 Å². The number of unbranched alkanes of at least 4 members (excludes halogenated alkanes) is 2. The van der Waals surface area contributed by atoms with Crippen molar-refractivity contribution in [1.29, 1.82) is 0 Å². The minimum absolute atomic E-state index is 0.263. The third-order valence-electron chi connectivity index (χ3n) is 4.82. The van der Waals surface area contributed by atoms with Gasteiger partial charge in [-0.2, -0.15) is 0 Å². The van der Waals surface area contributed by atoms with Crippen LogP contribution in [-0.4, -0.2) is 52.3 Å². The Kier molecular flexibility index (Phi) is 11.8. The van der Waals surface area contributed by atoms with E-state index in [0.717, 1.165) is 0 Å². The second-order valence-electron chi connectivity index (χ2n) is 6.81. The van der Waals surface area contributed by atoms with E-state index in [0.29, 0.717) is 54.1 Å². The molecule has 8 nitrogen and oxygen atoms in total. The largest absolute Gasteiger partial charge is 0.469 e. The molecular weight excluding hydrogens is 472 g/mol. The first-order valence-corrected chi connectivity index (χ1v) is 10.7. The standard InChI is InChI=1S/C22H29BrO8/c1-28-16(24)11-7-5-9-14-13-15(10-6-8-12-17(25)29-2)19(22(27)31-4)20(23)18(14)21(26)30-3/h13H,5-12H2,1-4H3. The smallest absolute Gasteiger partial charge is 0.339 e. The first kappa shape index (κ1) is 26.6. The highest BCUT2D eigenvalue weighted by Crippen LogP contribution is 2.32. The van der Waals surface area contributed by atoms with Gasteiger partial charge in [0.25, 0.3) is 0 Å². The van der Waals surface area contributed by atoms with Gasteiger partial charge in [0.2, 0.25) is 0 Å². The summed E-state index contributed by atoms with van der Waals surface area (Å²) in [4.78, 5) is 47.6. The Morgan fingerprint density at radius 2 is 1.06 bits per heavy atom. The summed E-state index contributed by atoms with van der Waals surface area (Å²) in [5.74, 6) is -1.72. The normalized spacial score (nSPS) is 10.4. The minimum Gasteiger partial charge on any atom is -0.469 e. The van der Waals surface area contributed by atoms with E-state index < -0.39 is 11.9 Å². The highest BCUT2D eigenvalue weighted by molar-refractivity contribution is 9.10. The molecule has 0 heterocycles. The van der Waals surface area contributed by atoms with E-state index in [1.165, 1.54) is 28.4 Å². The van der Waals surface area contributed by atoms with Gasteiger partial charge in [0.1, 0.15) is 0 Å². The van der Waals surface area contributed by atoms with Gasteiger partial charge in [0, 0.05) is 17.3 Å². The van der Waals surface area contributed by atoms with Crippen LogP contribution in [0.5, 0.6) is 0 Å². The van der Waals surface area contributed by atoms with Crippen LogP contribution in [0.2, 0.25) is 0 Å². The van der Waals surface area contributed by atoms with Gasteiger partial charge in [0.05, 0.1) is 39.6 Å². The van der Waals surface area contributed by atoms with Gasteiger partial charge in [-0.1, -0.05) is 6.07 Å². The summed E-state index contributed by atoms with van der Waals surface area (Å²) in [6.45, 7) is 0. The van der Waals surface area contributed by atoms with Gasteiger partial charge in [-0.05, 0) is 65.6 Å². The first-order chi connectivity index (χ1) is 14.8. The monoisotopic (exact) mass is 500 g/mol. The van der Waals surface area contributed by atoms with Crippen molar-refractivity contribution in [3.05, 3.63) is 32.8 Å². The van der Waals surface area contributed by atoms with Gasteiger partial charge in [-0.3, -0.25) is 9.59 Å². The van der Waals surface area contributed by atoms with Crippen LogP contribution in [0.1, 0.15) is 70.4 Å². The molecule has 0 radical (unpaired) electrons. The molecule has 0 amide bonds. The van der Waals surface area contributed by atoms with E-state index in [1.807, 2.05) is 0 Å². The third kappa shape index (κ3) is 7.97. The minimum atomic E-state index is -0.572. The van der Waals surface area contributed by atoms with E-state index in [1.54, 1.807) is 6.07 Å². The number of carbonyl (C=O) groups excluding carboxylic acids is 4. The molecule has 0 aliphatic carbocycles. The molecule has 31 heavy (non-hydrogen) atoms. The van der Waals surface area contributed by atoms with Crippen LogP contribution in [0.15, 0.2) is 10.5 Å². The van der Waals surface area contributed by atoms with Crippen molar-refractivity contribution in [2.24, 2.45) is 0 Å². The lowest BCUT2D eigenvalue weighted by Gasteiger charge is -2.17. The van der Waals surface area contributed by atoms with Gasteiger partial charge >= 0.3 is 23.9 Å². The zero-order valence-electron chi connectivity index (χ0n) is 18.4. The number of hydrogen-bond acceptors (Lipinski definition) is 8. The number of halogens is 1. The zero-order valence-corrected chi connectivity index (χ0v) is 20.0. The predicted octanol–water partition coefficient (Wildman–Crippen LogP) is 3.79. The zero-order chi connectivity index (χ0) is 23.4. The van der Waals surface area contributed by atoms with Crippen LogP contribution in [0.3, 0.4) is 0 Å². The molecule has 172 valence electrons. The SMILES string of the molecule is COC(=O)CCCCc1cc(CCCCC(=O)OC)c(C(=O)OC)c(Br)c1C(=O)OC. The second kappa shape index (κ2) is 13.8. The summed E-state index contributed by atoms with van der Waals surface area (Å²) in [6, 6.07) is 1.81. The molecule has 9 heteroatoms. The molecule has 0 aromatic heterocycles. The van der Waals surface area contributed by atoms with Crippen LogP contribution < -0.4 is 0 Å². The molecule has 0 atom stereocenters. The molecule has 1 aromatic carbocycles. The summed E-state index contributed by atoms with van der Waals surface area (Å²) >= 11 is 3.40. The molecule has 0 bridgehead atoms. The van der Waals surface area contributed by atoms with Crippen molar-refractivity contribution < 1.29 is 38.1 Å². The molecule has 0 saturated carbocycles. The van der Waals surface area contributed by atoms with E-state index in [-0.39, 0.29) is 35.9 Å². The number of methoxy groups -OCH3 is 4. The van der Waals surface area contributed by atoms with Gasteiger partial charge in [-0.25, -0.2) is 9.59 Å². The Bertz CT molecular complexity index is 741. The van der Waals surface area contributed by atoms with Gasteiger partial charge in [0.15, 0.2) is 0 Å². The summed E-state index contributed by atoms with van der Waals surface area (Å²) in [5, 5.41) is 0. The maximum atomic E-state index is 12.5. The number of hydrogen-bond donors (Lipinski definition) is 0. The Morgan fingerprint density at radius 1 is 0.677 bits per heavy atom. The topological polar surface area (TPSA) is 105 Å². The van der Waals surface area contributed by atoms with Crippen molar-refractivity contribution in [3.8, 4) is 0 Å². The van der Waals surface area contributed by atoms with Crippen LogP contribution in [0.4, 0.5) is 0 Å². The maximum Gasteiger partial charge on any atom is 0.339 e. The van der Waals surface area contributed by atoms with Crippen molar-refractivity contribution >= 4 is 39.8 Å². The number of aryl methyl sites for hydroxylation is 2. The molecule has 0 aliphatic heterocycles. The third-order valence-corrected chi connectivity index (χ3v) is 5.61. The van der Waals surface area contributed by atoms with Crippen molar-refractivity contribution in [2.75, 3.05) is 28.4 Å². The highest BCUT2D eigenvalue weighted by atomic mass is 79.9. The average molecular weight is 501 g/mol. The quantitative estimate of drug-likeness (QED) is 0.242. The van der Waals surface area contributed by atoms with E-state index in [2.05, 4.69) is 25.4 Å². The summed E-state index contributed by atoms with van der Waals surface area (Å²) in [6.07, 6.45) is 4.07. The van der Waals surface area contributed by atoms with Gasteiger partial charge in [-0.15, -0.1) is 0 Å². The molecular formula is C22H29BrO8.